The standard InChI is InChI=1S/C14H12FO/c1-2-10-5-3-4-6-12(10)13-8-7-11(15)9-14(13)16/h3-9,16H,1-2H2. The largest absolute Gasteiger partial charge is 0.507 e. The quantitative estimate of drug-likeness (QED) is 0.811. The first kappa shape index (κ1) is 10.7. The van der Waals surface area contributed by atoms with Crippen LogP contribution in [0.15, 0.2) is 42.5 Å². The number of hydrogen-bond donors (Lipinski definition) is 1. The van der Waals surface area contributed by atoms with E-state index in [0.717, 1.165) is 17.2 Å². The predicted octanol–water partition coefficient (Wildman–Crippen LogP) is 3.57. The molecule has 0 saturated carbocycles. The van der Waals surface area contributed by atoms with E-state index in [1.807, 2.05) is 24.3 Å². The molecule has 0 saturated heterocycles. The van der Waals surface area contributed by atoms with E-state index >= 15 is 0 Å². The number of aromatic hydroxyl groups is 1. The topological polar surface area (TPSA) is 20.2 Å². The summed E-state index contributed by atoms with van der Waals surface area (Å²) in [5.41, 5.74) is 2.57. The Hall–Kier alpha value is -1.83. The van der Waals surface area contributed by atoms with Gasteiger partial charge in [0, 0.05) is 11.6 Å². The van der Waals surface area contributed by atoms with Crippen LogP contribution in [0.25, 0.3) is 11.1 Å². The fraction of sp³-hybridized carbons (Fsp3) is 0.0714. The van der Waals surface area contributed by atoms with E-state index in [1.54, 1.807) is 6.07 Å². The summed E-state index contributed by atoms with van der Waals surface area (Å²) >= 11 is 0. The fourth-order valence-electron chi connectivity index (χ4n) is 1.73. The Morgan fingerprint density at radius 3 is 2.50 bits per heavy atom. The van der Waals surface area contributed by atoms with Gasteiger partial charge in [-0.3, -0.25) is 0 Å². The number of halogens is 1. The van der Waals surface area contributed by atoms with Gasteiger partial charge in [-0.25, -0.2) is 4.39 Å². The summed E-state index contributed by atoms with van der Waals surface area (Å²) in [6.45, 7) is 3.83. The molecule has 0 fully saturated rings. The van der Waals surface area contributed by atoms with Crippen molar-refractivity contribution in [2.45, 2.75) is 6.42 Å². The van der Waals surface area contributed by atoms with Crippen LogP contribution in [0.4, 0.5) is 4.39 Å². The fourth-order valence-corrected chi connectivity index (χ4v) is 1.73. The molecule has 0 amide bonds. The summed E-state index contributed by atoms with van der Waals surface area (Å²) in [5, 5.41) is 9.70. The maximum Gasteiger partial charge on any atom is 0.126 e. The molecule has 1 nitrogen and oxygen atoms in total. The average Bonchev–Trinajstić information content (AvgIpc) is 2.29. The molecule has 0 spiro atoms. The number of benzene rings is 2. The van der Waals surface area contributed by atoms with Crippen LogP contribution in [0.5, 0.6) is 5.75 Å². The van der Waals surface area contributed by atoms with Crippen LogP contribution in [0.3, 0.4) is 0 Å². The third-order valence-electron chi connectivity index (χ3n) is 2.54. The minimum absolute atomic E-state index is 0.0408. The third-order valence-corrected chi connectivity index (χ3v) is 2.54. The zero-order valence-corrected chi connectivity index (χ0v) is 8.78. The third kappa shape index (κ3) is 1.91. The van der Waals surface area contributed by atoms with Crippen molar-refractivity contribution in [3.05, 3.63) is 60.8 Å². The van der Waals surface area contributed by atoms with Gasteiger partial charge in [0.25, 0.3) is 0 Å². The predicted molar refractivity (Wildman–Crippen MR) is 62.6 cm³/mol. The van der Waals surface area contributed by atoms with Crippen LogP contribution in [0.1, 0.15) is 5.56 Å². The smallest absolute Gasteiger partial charge is 0.126 e. The minimum atomic E-state index is -0.437. The molecule has 0 aliphatic rings. The van der Waals surface area contributed by atoms with Crippen LogP contribution in [0.2, 0.25) is 0 Å². The molecular formula is C14H12FO. The van der Waals surface area contributed by atoms with E-state index in [-0.39, 0.29) is 5.75 Å². The number of phenols is 1. The van der Waals surface area contributed by atoms with E-state index in [9.17, 15) is 9.50 Å². The molecule has 2 aromatic rings. The van der Waals surface area contributed by atoms with Crippen molar-refractivity contribution in [2.24, 2.45) is 0 Å². The summed E-state index contributed by atoms with van der Waals surface area (Å²) in [5.74, 6) is -0.478. The molecule has 2 rings (SSSR count). The normalized spacial score (nSPS) is 10.4. The molecule has 0 unspecified atom stereocenters. The summed E-state index contributed by atoms with van der Waals surface area (Å²) in [4.78, 5) is 0. The molecule has 0 aromatic heterocycles. The lowest BCUT2D eigenvalue weighted by molar-refractivity contribution is 0.471. The molecule has 2 heteroatoms. The van der Waals surface area contributed by atoms with Gasteiger partial charge < -0.3 is 5.11 Å². The zero-order valence-electron chi connectivity index (χ0n) is 8.78. The van der Waals surface area contributed by atoms with Gasteiger partial charge in [-0.1, -0.05) is 24.3 Å². The first-order valence-corrected chi connectivity index (χ1v) is 5.08. The summed E-state index contributed by atoms with van der Waals surface area (Å²) < 4.78 is 12.9. The highest BCUT2D eigenvalue weighted by Crippen LogP contribution is 2.32. The Morgan fingerprint density at radius 1 is 1.06 bits per heavy atom. The molecule has 0 aliphatic heterocycles. The molecule has 0 heterocycles. The van der Waals surface area contributed by atoms with E-state index < -0.39 is 5.82 Å². The van der Waals surface area contributed by atoms with Crippen molar-refractivity contribution >= 4 is 0 Å². The van der Waals surface area contributed by atoms with Crippen LogP contribution in [-0.4, -0.2) is 5.11 Å². The van der Waals surface area contributed by atoms with Crippen LogP contribution >= 0.6 is 0 Å². The van der Waals surface area contributed by atoms with Gasteiger partial charge in [-0.05, 0) is 36.6 Å². The van der Waals surface area contributed by atoms with Gasteiger partial charge >= 0.3 is 0 Å². The summed E-state index contributed by atoms with van der Waals surface area (Å²) in [6, 6.07) is 11.7. The van der Waals surface area contributed by atoms with Gasteiger partial charge in [-0.2, -0.15) is 0 Å². The molecule has 16 heavy (non-hydrogen) atoms. The Balaban J connectivity index is 2.58. The highest BCUT2D eigenvalue weighted by molar-refractivity contribution is 5.73. The maximum atomic E-state index is 12.9. The second-order valence-electron chi connectivity index (χ2n) is 3.57. The molecule has 1 radical (unpaired) electrons. The van der Waals surface area contributed by atoms with Crippen molar-refractivity contribution in [3.63, 3.8) is 0 Å². The van der Waals surface area contributed by atoms with Crippen molar-refractivity contribution < 1.29 is 9.50 Å². The van der Waals surface area contributed by atoms with Gasteiger partial charge in [0.15, 0.2) is 0 Å². The first-order chi connectivity index (χ1) is 7.72. The first-order valence-electron chi connectivity index (χ1n) is 5.08. The lowest BCUT2D eigenvalue weighted by Crippen LogP contribution is -1.88. The molecule has 0 bridgehead atoms. The Labute approximate surface area is 94.2 Å². The Bertz CT molecular complexity index is 506. The lowest BCUT2D eigenvalue weighted by Gasteiger charge is -2.09. The van der Waals surface area contributed by atoms with Gasteiger partial charge in [0.1, 0.15) is 11.6 Å². The van der Waals surface area contributed by atoms with Gasteiger partial charge in [0.2, 0.25) is 0 Å². The van der Waals surface area contributed by atoms with Gasteiger partial charge in [0.05, 0.1) is 0 Å². The zero-order chi connectivity index (χ0) is 11.5. The van der Waals surface area contributed by atoms with Crippen molar-refractivity contribution in [3.8, 4) is 16.9 Å². The SMILES string of the molecule is [CH2]Cc1ccccc1-c1ccc(F)cc1O. The number of phenolic OH excluding ortho intramolecular Hbond substituents is 1. The van der Waals surface area contributed by atoms with Crippen LogP contribution in [-0.2, 0) is 6.42 Å². The molecule has 0 atom stereocenters. The molecule has 1 N–H and O–H groups in total. The van der Waals surface area contributed by atoms with Crippen LogP contribution < -0.4 is 0 Å². The lowest BCUT2D eigenvalue weighted by atomic mass is 9.97. The van der Waals surface area contributed by atoms with Crippen molar-refractivity contribution in [1.29, 1.82) is 0 Å². The van der Waals surface area contributed by atoms with Crippen molar-refractivity contribution in [2.75, 3.05) is 0 Å². The maximum absolute atomic E-state index is 12.9. The Morgan fingerprint density at radius 2 is 1.81 bits per heavy atom. The summed E-state index contributed by atoms with van der Waals surface area (Å²) in [6.07, 6.45) is 0.632. The monoisotopic (exact) mass is 215 g/mol. The second-order valence-corrected chi connectivity index (χ2v) is 3.57. The molecule has 2 aromatic carbocycles. The Kier molecular flexibility index (Phi) is 2.91. The molecule has 0 aliphatic carbocycles. The highest BCUT2D eigenvalue weighted by atomic mass is 19.1. The van der Waals surface area contributed by atoms with Gasteiger partial charge in [-0.15, -0.1) is 0 Å². The second kappa shape index (κ2) is 4.35. The van der Waals surface area contributed by atoms with E-state index in [4.69, 9.17) is 0 Å². The van der Waals surface area contributed by atoms with E-state index in [1.165, 1.54) is 6.07 Å². The van der Waals surface area contributed by atoms with E-state index in [0.29, 0.717) is 12.0 Å². The molecular weight excluding hydrogens is 203 g/mol. The molecule has 81 valence electrons. The average molecular weight is 215 g/mol. The highest BCUT2D eigenvalue weighted by Gasteiger charge is 2.08. The van der Waals surface area contributed by atoms with Crippen molar-refractivity contribution in [1.82, 2.24) is 0 Å². The minimum Gasteiger partial charge on any atom is -0.507 e. The number of rotatable bonds is 2. The van der Waals surface area contributed by atoms with Crippen LogP contribution in [0, 0.1) is 12.7 Å². The van der Waals surface area contributed by atoms with E-state index in [2.05, 4.69) is 6.92 Å². The summed E-state index contributed by atoms with van der Waals surface area (Å²) in [7, 11) is 0. The number of hydrogen-bond acceptors (Lipinski definition) is 1.